The summed E-state index contributed by atoms with van der Waals surface area (Å²) in [6.45, 7) is 1.65. The van der Waals surface area contributed by atoms with Crippen LogP contribution in [0.15, 0.2) is 33.5 Å². The minimum Gasteiger partial charge on any atom is -0.460 e. The Balaban J connectivity index is 2.34. The number of hydrogen-bond donors (Lipinski definition) is 0. The Morgan fingerprint density at radius 3 is 3.00 bits per heavy atom. The van der Waals surface area contributed by atoms with E-state index in [0.29, 0.717) is 17.5 Å². The molecule has 16 heavy (non-hydrogen) atoms. The van der Waals surface area contributed by atoms with Crippen LogP contribution in [0.1, 0.15) is 11.3 Å². The molecule has 1 aromatic carbocycles. The lowest BCUT2D eigenvalue weighted by atomic mass is 10.0. The second-order valence-electron chi connectivity index (χ2n) is 4.32. The van der Waals surface area contributed by atoms with E-state index in [-0.39, 0.29) is 5.43 Å². The second-order valence-corrected chi connectivity index (χ2v) is 4.32. The van der Waals surface area contributed by atoms with E-state index in [1.807, 2.05) is 31.3 Å². The Morgan fingerprint density at radius 1 is 1.31 bits per heavy atom. The van der Waals surface area contributed by atoms with Gasteiger partial charge in [0.25, 0.3) is 0 Å². The number of para-hydroxylation sites is 1. The van der Waals surface area contributed by atoms with Crippen LogP contribution in [0.3, 0.4) is 0 Å². The highest BCUT2D eigenvalue weighted by Gasteiger charge is 2.19. The molecule has 3 heteroatoms. The van der Waals surface area contributed by atoms with Crippen molar-refractivity contribution in [2.24, 2.45) is 0 Å². The number of nitrogens with zero attached hydrogens (tertiary/aromatic N) is 1. The van der Waals surface area contributed by atoms with Crippen molar-refractivity contribution in [3.05, 3.63) is 45.8 Å². The Morgan fingerprint density at radius 2 is 2.12 bits per heavy atom. The zero-order chi connectivity index (χ0) is 11.1. The van der Waals surface area contributed by atoms with Crippen LogP contribution < -0.4 is 5.43 Å². The minimum absolute atomic E-state index is 0.128. The standard InChI is InChI=1S/C13H13NO2/c1-14-7-6-12-10(8-14)13(15)9-4-2-3-5-11(9)16-12/h2-5H,6-8H2,1H3. The first kappa shape index (κ1) is 9.60. The van der Waals surface area contributed by atoms with Gasteiger partial charge in [-0.05, 0) is 19.2 Å². The Labute approximate surface area is 93.3 Å². The van der Waals surface area contributed by atoms with E-state index in [0.717, 1.165) is 24.3 Å². The number of likely N-dealkylation sites (N-methyl/N-ethyl adjacent to an activating group) is 1. The molecular formula is C13H13NO2. The molecule has 0 bridgehead atoms. The number of hydrogen-bond acceptors (Lipinski definition) is 3. The minimum atomic E-state index is 0.128. The molecule has 3 nitrogen and oxygen atoms in total. The summed E-state index contributed by atoms with van der Waals surface area (Å²) >= 11 is 0. The number of rotatable bonds is 0. The van der Waals surface area contributed by atoms with E-state index in [9.17, 15) is 4.79 Å². The summed E-state index contributed by atoms with van der Waals surface area (Å²) in [6, 6.07) is 7.45. The quantitative estimate of drug-likeness (QED) is 0.671. The molecule has 82 valence electrons. The van der Waals surface area contributed by atoms with Crippen LogP contribution in [0, 0.1) is 0 Å². The summed E-state index contributed by atoms with van der Waals surface area (Å²) in [4.78, 5) is 14.4. The summed E-state index contributed by atoms with van der Waals surface area (Å²) in [5.74, 6) is 0.863. The van der Waals surface area contributed by atoms with Gasteiger partial charge in [0.1, 0.15) is 11.3 Å². The van der Waals surface area contributed by atoms with E-state index < -0.39 is 0 Å². The smallest absolute Gasteiger partial charge is 0.197 e. The lowest BCUT2D eigenvalue weighted by molar-refractivity contribution is 0.289. The largest absolute Gasteiger partial charge is 0.460 e. The average Bonchev–Trinajstić information content (AvgIpc) is 2.31. The fraction of sp³-hybridized carbons (Fsp3) is 0.308. The molecule has 0 N–H and O–H groups in total. The van der Waals surface area contributed by atoms with Gasteiger partial charge >= 0.3 is 0 Å². The Bertz CT molecular complexity index is 600. The SMILES string of the molecule is CN1CCc2oc3ccccc3c(=O)c2C1. The Hall–Kier alpha value is -1.61. The second kappa shape index (κ2) is 3.46. The summed E-state index contributed by atoms with van der Waals surface area (Å²) in [5, 5.41) is 0.691. The maximum Gasteiger partial charge on any atom is 0.197 e. The maximum atomic E-state index is 12.2. The van der Waals surface area contributed by atoms with Crippen molar-refractivity contribution in [2.45, 2.75) is 13.0 Å². The van der Waals surface area contributed by atoms with Crippen molar-refractivity contribution >= 4 is 11.0 Å². The first-order valence-corrected chi connectivity index (χ1v) is 5.48. The molecule has 0 fully saturated rings. The fourth-order valence-electron chi connectivity index (χ4n) is 2.23. The van der Waals surface area contributed by atoms with E-state index in [2.05, 4.69) is 4.90 Å². The summed E-state index contributed by atoms with van der Waals surface area (Å²) in [7, 11) is 2.03. The van der Waals surface area contributed by atoms with Crippen LogP contribution in [0.4, 0.5) is 0 Å². The normalized spacial score (nSPS) is 16.3. The molecule has 0 saturated heterocycles. The van der Waals surface area contributed by atoms with Crippen molar-refractivity contribution in [1.82, 2.24) is 4.90 Å². The number of fused-ring (bicyclic) bond motifs is 2. The van der Waals surface area contributed by atoms with Gasteiger partial charge < -0.3 is 9.32 Å². The predicted molar refractivity (Wildman–Crippen MR) is 62.5 cm³/mol. The van der Waals surface area contributed by atoms with Crippen molar-refractivity contribution in [2.75, 3.05) is 13.6 Å². The molecule has 1 aliphatic heterocycles. The lowest BCUT2D eigenvalue weighted by Gasteiger charge is -2.23. The van der Waals surface area contributed by atoms with E-state index in [1.54, 1.807) is 0 Å². The Kier molecular flexibility index (Phi) is 2.07. The zero-order valence-corrected chi connectivity index (χ0v) is 9.19. The van der Waals surface area contributed by atoms with Gasteiger partial charge in [0.2, 0.25) is 0 Å². The summed E-state index contributed by atoms with van der Waals surface area (Å²) in [5.41, 5.74) is 1.66. The van der Waals surface area contributed by atoms with Gasteiger partial charge in [-0.15, -0.1) is 0 Å². The third-order valence-electron chi connectivity index (χ3n) is 3.12. The first-order valence-electron chi connectivity index (χ1n) is 5.48. The first-order chi connectivity index (χ1) is 7.75. The highest BCUT2D eigenvalue weighted by Crippen LogP contribution is 2.20. The number of benzene rings is 1. The van der Waals surface area contributed by atoms with Gasteiger partial charge in [0, 0.05) is 19.5 Å². The van der Waals surface area contributed by atoms with Crippen LogP contribution in [0.2, 0.25) is 0 Å². The van der Waals surface area contributed by atoms with E-state index in [1.165, 1.54) is 0 Å². The third kappa shape index (κ3) is 1.36. The van der Waals surface area contributed by atoms with Crippen LogP contribution in [-0.2, 0) is 13.0 Å². The third-order valence-corrected chi connectivity index (χ3v) is 3.12. The average molecular weight is 215 g/mol. The van der Waals surface area contributed by atoms with E-state index in [4.69, 9.17) is 4.42 Å². The molecule has 0 spiro atoms. The molecule has 1 aromatic heterocycles. The van der Waals surface area contributed by atoms with Crippen molar-refractivity contribution in [3.8, 4) is 0 Å². The zero-order valence-electron chi connectivity index (χ0n) is 9.19. The fourth-order valence-corrected chi connectivity index (χ4v) is 2.23. The molecule has 0 saturated carbocycles. The van der Waals surface area contributed by atoms with Crippen LogP contribution >= 0.6 is 0 Å². The topological polar surface area (TPSA) is 33.5 Å². The van der Waals surface area contributed by atoms with Crippen molar-refractivity contribution < 1.29 is 4.42 Å². The molecular weight excluding hydrogens is 202 g/mol. The van der Waals surface area contributed by atoms with Crippen LogP contribution in [0.25, 0.3) is 11.0 Å². The van der Waals surface area contributed by atoms with Gasteiger partial charge in [0.15, 0.2) is 5.43 Å². The molecule has 0 unspecified atom stereocenters. The molecule has 0 radical (unpaired) electrons. The van der Waals surface area contributed by atoms with Gasteiger partial charge in [-0.1, -0.05) is 12.1 Å². The highest BCUT2D eigenvalue weighted by molar-refractivity contribution is 5.77. The monoisotopic (exact) mass is 215 g/mol. The van der Waals surface area contributed by atoms with Gasteiger partial charge in [-0.2, -0.15) is 0 Å². The van der Waals surface area contributed by atoms with E-state index >= 15 is 0 Å². The van der Waals surface area contributed by atoms with Gasteiger partial charge in [-0.3, -0.25) is 4.79 Å². The molecule has 3 rings (SSSR count). The van der Waals surface area contributed by atoms with Crippen LogP contribution in [-0.4, -0.2) is 18.5 Å². The molecule has 0 amide bonds. The molecule has 1 aliphatic rings. The summed E-state index contributed by atoms with van der Waals surface area (Å²) < 4.78 is 5.79. The highest BCUT2D eigenvalue weighted by atomic mass is 16.3. The molecule has 0 aliphatic carbocycles. The van der Waals surface area contributed by atoms with Crippen molar-refractivity contribution in [1.29, 1.82) is 0 Å². The maximum absolute atomic E-state index is 12.2. The van der Waals surface area contributed by atoms with Crippen LogP contribution in [0.5, 0.6) is 0 Å². The van der Waals surface area contributed by atoms with Crippen molar-refractivity contribution in [3.63, 3.8) is 0 Å². The lowest BCUT2D eigenvalue weighted by Crippen LogP contribution is -2.31. The molecule has 0 atom stereocenters. The van der Waals surface area contributed by atoms with Gasteiger partial charge in [-0.25, -0.2) is 0 Å². The predicted octanol–water partition coefficient (Wildman–Crippen LogP) is 1.78. The van der Waals surface area contributed by atoms with Gasteiger partial charge in [0.05, 0.1) is 10.9 Å². The molecule has 2 heterocycles. The molecule has 2 aromatic rings. The summed E-state index contributed by atoms with van der Waals surface area (Å²) in [6.07, 6.45) is 0.825.